The van der Waals surface area contributed by atoms with Crippen molar-refractivity contribution in [2.24, 2.45) is 0 Å². The van der Waals surface area contributed by atoms with Crippen molar-refractivity contribution in [3.63, 3.8) is 0 Å². The number of benzene rings is 1. The predicted molar refractivity (Wildman–Crippen MR) is 133 cm³/mol. The molecule has 8 heteroatoms. The number of carbonyl (C=O) groups is 2. The van der Waals surface area contributed by atoms with Gasteiger partial charge in [-0.15, -0.1) is 11.3 Å². The minimum atomic E-state index is -0.122. The van der Waals surface area contributed by atoms with E-state index >= 15 is 0 Å². The lowest BCUT2D eigenvalue weighted by Crippen LogP contribution is -2.43. The van der Waals surface area contributed by atoms with Crippen LogP contribution < -0.4 is 10.6 Å². The van der Waals surface area contributed by atoms with Crippen LogP contribution in [0.4, 0.5) is 9.80 Å². The minimum absolute atomic E-state index is 0.0761. The van der Waals surface area contributed by atoms with Gasteiger partial charge in [0.1, 0.15) is 11.1 Å². The highest BCUT2D eigenvalue weighted by molar-refractivity contribution is 7.16. The standard InChI is InChI=1S/C26H27N5O2S/c1-18(20-7-3-2-4-8-20)14-24(32)30-25-22(15-27)21-10-13-31(17-23(21)34-25)26(33)29-12-9-19-6-5-11-28-16-19/h2-8,11,16,18H,9-10,12-14,17H2,1H3,(H,29,33)(H,30,32). The Morgan fingerprint density at radius 2 is 2.06 bits per heavy atom. The van der Waals surface area contributed by atoms with Gasteiger partial charge in [0.05, 0.1) is 12.1 Å². The maximum Gasteiger partial charge on any atom is 0.317 e. The predicted octanol–water partition coefficient (Wildman–Crippen LogP) is 4.46. The van der Waals surface area contributed by atoms with Crippen molar-refractivity contribution in [1.82, 2.24) is 15.2 Å². The zero-order valence-electron chi connectivity index (χ0n) is 19.1. The second kappa shape index (κ2) is 10.9. The highest BCUT2D eigenvalue weighted by atomic mass is 32.1. The van der Waals surface area contributed by atoms with Gasteiger partial charge < -0.3 is 15.5 Å². The zero-order valence-corrected chi connectivity index (χ0v) is 19.9. The van der Waals surface area contributed by atoms with E-state index in [1.165, 1.54) is 11.3 Å². The lowest BCUT2D eigenvalue weighted by molar-refractivity contribution is -0.116. The average Bonchev–Trinajstić information content (AvgIpc) is 3.20. The van der Waals surface area contributed by atoms with Crippen LogP contribution in [0, 0.1) is 11.3 Å². The molecule has 3 aromatic rings. The van der Waals surface area contributed by atoms with Crippen molar-refractivity contribution in [2.75, 3.05) is 18.4 Å². The second-order valence-electron chi connectivity index (χ2n) is 8.40. The van der Waals surface area contributed by atoms with E-state index in [9.17, 15) is 14.9 Å². The number of aromatic nitrogens is 1. The second-order valence-corrected chi connectivity index (χ2v) is 9.50. The van der Waals surface area contributed by atoms with Crippen LogP contribution >= 0.6 is 11.3 Å². The van der Waals surface area contributed by atoms with Gasteiger partial charge in [-0.05, 0) is 41.5 Å². The van der Waals surface area contributed by atoms with E-state index in [2.05, 4.69) is 21.7 Å². The van der Waals surface area contributed by atoms with Crippen LogP contribution in [0.5, 0.6) is 0 Å². The van der Waals surface area contributed by atoms with Crippen LogP contribution in [0.25, 0.3) is 0 Å². The normalized spacial score (nSPS) is 13.5. The molecular weight excluding hydrogens is 446 g/mol. The highest BCUT2D eigenvalue weighted by Crippen LogP contribution is 2.37. The molecular formula is C26H27N5O2S. The first-order chi connectivity index (χ1) is 16.5. The van der Waals surface area contributed by atoms with Gasteiger partial charge in [0.2, 0.25) is 5.91 Å². The highest BCUT2D eigenvalue weighted by Gasteiger charge is 2.27. The summed E-state index contributed by atoms with van der Waals surface area (Å²) in [4.78, 5) is 32.2. The van der Waals surface area contributed by atoms with Gasteiger partial charge in [0.15, 0.2) is 0 Å². The van der Waals surface area contributed by atoms with Gasteiger partial charge in [-0.3, -0.25) is 9.78 Å². The lowest BCUT2D eigenvalue weighted by Gasteiger charge is -2.27. The Kier molecular flexibility index (Phi) is 7.55. The van der Waals surface area contributed by atoms with Gasteiger partial charge in [-0.25, -0.2) is 4.79 Å². The van der Waals surface area contributed by atoms with Crippen molar-refractivity contribution in [1.29, 1.82) is 5.26 Å². The molecule has 1 aromatic carbocycles. The van der Waals surface area contributed by atoms with Crippen LogP contribution in [0.1, 0.15) is 46.4 Å². The van der Waals surface area contributed by atoms with Gasteiger partial charge in [0.25, 0.3) is 0 Å². The number of hydrogen-bond acceptors (Lipinski definition) is 5. The molecule has 7 nitrogen and oxygen atoms in total. The molecule has 3 heterocycles. The minimum Gasteiger partial charge on any atom is -0.338 e. The number of hydrogen-bond donors (Lipinski definition) is 2. The molecule has 4 rings (SSSR count). The van der Waals surface area contributed by atoms with Crippen molar-refractivity contribution >= 4 is 28.3 Å². The molecule has 0 fully saturated rings. The average molecular weight is 474 g/mol. The van der Waals surface area contributed by atoms with Crippen molar-refractivity contribution in [3.05, 3.63) is 82.0 Å². The molecule has 0 saturated carbocycles. The molecule has 1 aliphatic heterocycles. The quantitative estimate of drug-likeness (QED) is 0.529. The third kappa shape index (κ3) is 5.61. The third-order valence-electron chi connectivity index (χ3n) is 5.98. The summed E-state index contributed by atoms with van der Waals surface area (Å²) in [6, 6.07) is 15.9. The van der Waals surface area contributed by atoms with E-state index in [0.717, 1.165) is 21.6 Å². The first-order valence-electron chi connectivity index (χ1n) is 11.4. The van der Waals surface area contributed by atoms with E-state index < -0.39 is 0 Å². The number of pyridine rings is 1. The van der Waals surface area contributed by atoms with E-state index in [1.54, 1.807) is 17.3 Å². The Morgan fingerprint density at radius 3 is 2.79 bits per heavy atom. The number of nitrogens with zero attached hydrogens (tertiary/aromatic N) is 3. The fourth-order valence-corrected chi connectivity index (χ4v) is 5.34. The molecule has 2 N–H and O–H groups in total. The van der Waals surface area contributed by atoms with Gasteiger partial charge in [-0.1, -0.05) is 43.3 Å². The molecule has 0 saturated heterocycles. The van der Waals surface area contributed by atoms with Crippen LogP contribution in [-0.4, -0.2) is 34.9 Å². The molecule has 34 heavy (non-hydrogen) atoms. The van der Waals surface area contributed by atoms with Crippen LogP contribution in [0.15, 0.2) is 54.9 Å². The number of thiophene rings is 1. The fourth-order valence-electron chi connectivity index (χ4n) is 4.11. The first-order valence-corrected chi connectivity index (χ1v) is 12.2. The number of amides is 3. The molecule has 2 aromatic heterocycles. The van der Waals surface area contributed by atoms with E-state index in [0.29, 0.717) is 49.5 Å². The Morgan fingerprint density at radius 1 is 1.24 bits per heavy atom. The van der Waals surface area contributed by atoms with E-state index in [-0.39, 0.29) is 17.9 Å². The Balaban J connectivity index is 1.35. The maximum absolute atomic E-state index is 12.7. The smallest absolute Gasteiger partial charge is 0.317 e. The summed E-state index contributed by atoms with van der Waals surface area (Å²) in [5.41, 5.74) is 3.65. The molecule has 0 aliphatic carbocycles. The van der Waals surface area contributed by atoms with Crippen molar-refractivity contribution in [3.8, 4) is 6.07 Å². The maximum atomic E-state index is 12.7. The number of rotatable bonds is 7. The molecule has 1 unspecified atom stereocenters. The van der Waals surface area contributed by atoms with E-state index in [4.69, 9.17) is 0 Å². The molecule has 174 valence electrons. The lowest BCUT2D eigenvalue weighted by atomic mass is 9.97. The summed E-state index contributed by atoms with van der Waals surface area (Å²) in [6.07, 6.45) is 5.17. The van der Waals surface area contributed by atoms with Gasteiger partial charge in [-0.2, -0.15) is 5.26 Å². The summed E-state index contributed by atoms with van der Waals surface area (Å²) >= 11 is 1.40. The summed E-state index contributed by atoms with van der Waals surface area (Å²) in [5.74, 6) is -0.0383. The number of anilines is 1. The van der Waals surface area contributed by atoms with Crippen LogP contribution in [0.3, 0.4) is 0 Å². The summed E-state index contributed by atoms with van der Waals surface area (Å²) in [7, 11) is 0. The topological polar surface area (TPSA) is 98.1 Å². The molecule has 0 bridgehead atoms. The van der Waals surface area contributed by atoms with Crippen molar-refractivity contribution < 1.29 is 9.59 Å². The SMILES string of the molecule is CC(CC(=O)Nc1sc2c(c1C#N)CCN(C(=O)NCCc1cccnc1)C2)c1ccccc1. The monoisotopic (exact) mass is 473 g/mol. The number of carbonyl (C=O) groups excluding carboxylic acids is 2. The molecule has 1 aliphatic rings. The summed E-state index contributed by atoms with van der Waals surface area (Å²) in [5, 5.41) is 16.2. The van der Waals surface area contributed by atoms with E-state index in [1.807, 2.05) is 49.4 Å². The number of urea groups is 1. The van der Waals surface area contributed by atoms with Crippen LogP contribution in [0.2, 0.25) is 0 Å². The fraction of sp³-hybridized carbons (Fsp3) is 0.308. The number of nitrogens with one attached hydrogen (secondary N) is 2. The number of nitriles is 1. The number of fused-ring (bicyclic) bond motifs is 1. The summed E-state index contributed by atoms with van der Waals surface area (Å²) < 4.78 is 0. The largest absolute Gasteiger partial charge is 0.338 e. The molecule has 0 radical (unpaired) electrons. The Hall–Kier alpha value is -3.70. The van der Waals surface area contributed by atoms with Crippen LogP contribution in [-0.2, 0) is 24.2 Å². The zero-order chi connectivity index (χ0) is 23.9. The van der Waals surface area contributed by atoms with Gasteiger partial charge >= 0.3 is 6.03 Å². The van der Waals surface area contributed by atoms with Crippen molar-refractivity contribution in [2.45, 2.75) is 38.6 Å². The first kappa shape index (κ1) is 23.5. The van der Waals surface area contributed by atoms with Gasteiger partial charge in [0, 0.05) is 36.8 Å². The summed E-state index contributed by atoms with van der Waals surface area (Å²) in [6.45, 7) is 3.52. The molecule has 3 amide bonds. The molecule has 1 atom stereocenters. The Labute approximate surface area is 203 Å². The Bertz CT molecular complexity index is 1190. The molecule has 0 spiro atoms. The third-order valence-corrected chi connectivity index (χ3v) is 7.11.